The second kappa shape index (κ2) is 12.7. The van der Waals surface area contributed by atoms with Gasteiger partial charge in [0.2, 0.25) is 0 Å². The van der Waals surface area contributed by atoms with E-state index in [4.69, 9.17) is 19.3 Å². The van der Waals surface area contributed by atoms with Crippen molar-refractivity contribution in [2.45, 2.75) is 71.5 Å². The van der Waals surface area contributed by atoms with Crippen LogP contribution in [0.25, 0.3) is 0 Å². The Morgan fingerprint density at radius 2 is 1.74 bits per heavy atom. The number of ether oxygens (including phenoxy) is 3. The van der Waals surface area contributed by atoms with Crippen LogP contribution in [-0.4, -0.2) is 53.6 Å². The lowest BCUT2D eigenvalue weighted by atomic mass is 9.80. The molecule has 0 unspecified atom stereocenters. The van der Waals surface area contributed by atoms with Gasteiger partial charge in [0.05, 0.1) is 12.0 Å². The minimum Gasteiger partial charge on any atom is -0.481 e. The maximum atomic E-state index is 12.3. The third-order valence-electron chi connectivity index (χ3n) is 4.72. The molecule has 0 saturated heterocycles. The highest BCUT2D eigenvalue weighted by molar-refractivity contribution is 5.90. The number of carbonyl (C=O) groups excluding carboxylic acids is 4. The first kappa shape index (κ1) is 26.1. The predicted molar refractivity (Wildman–Crippen MR) is 109 cm³/mol. The molecule has 1 rings (SSSR count). The van der Waals surface area contributed by atoms with Gasteiger partial charge in [0.25, 0.3) is 0 Å². The molecule has 1 N–H and O–H groups in total. The van der Waals surface area contributed by atoms with Crippen LogP contribution in [-0.2, 0) is 38.2 Å². The second-order valence-electron chi connectivity index (χ2n) is 7.37. The number of carboxylic acids is 1. The van der Waals surface area contributed by atoms with Crippen LogP contribution in [0.15, 0.2) is 24.3 Å². The summed E-state index contributed by atoms with van der Waals surface area (Å²) in [5, 5.41) is 8.67. The molecule has 0 heterocycles. The Morgan fingerprint density at radius 3 is 2.32 bits per heavy atom. The Labute approximate surface area is 181 Å². The summed E-state index contributed by atoms with van der Waals surface area (Å²) in [6.45, 7) is 4.28. The van der Waals surface area contributed by atoms with Crippen LogP contribution < -0.4 is 0 Å². The molecule has 9 nitrogen and oxygen atoms in total. The van der Waals surface area contributed by atoms with Crippen LogP contribution in [0, 0.1) is 5.41 Å². The number of carbonyl (C=O) groups is 5. The monoisotopic (exact) mass is 438 g/mol. The van der Waals surface area contributed by atoms with E-state index in [9.17, 15) is 24.0 Å². The van der Waals surface area contributed by atoms with E-state index in [1.807, 2.05) is 6.92 Å². The molecule has 1 aliphatic rings. The molecule has 0 amide bonds. The first-order valence-electron chi connectivity index (χ1n) is 10.2. The van der Waals surface area contributed by atoms with Crippen molar-refractivity contribution in [3.05, 3.63) is 24.3 Å². The molecule has 0 bridgehead atoms. The lowest BCUT2D eigenvalue weighted by Crippen LogP contribution is -2.42. The van der Waals surface area contributed by atoms with Crippen LogP contribution in [0.1, 0.15) is 59.3 Å². The molecule has 1 aliphatic carbocycles. The van der Waals surface area contributed by atoms with Crippen LogP contribution in [0.5, 0.6) is 0 Å². The van der Waals surface area contributed by atoms with Crippen molar-refractivity contribution in [2.75, 3.05) is 6.61 Å². The van der Waals surface area contributed by atoms with E-state index in [1.165, 1.54) is 19.9 Å². The van der Waals surface area contributed by atoms with Gasteiger partial charge in [-0.05, 0) is 25.0 Å². The molecule has 0 aromatic carbocycles. The number of hydrogen-bond acceptors (Lipinski definition) is 8. The van der Waals surface area contributed by atoms with Gasteiger partial charge in [-0.3, -0.25) is 24.0 Å². The maximum Gasteiger partial charge on any atom is 0.317 e. The molecule has 0 fully saturated rings. The standard InChI is InChI=1S/C22H30O9/c1-4-5-6-7-17(25)8-10-22(12-13-29-20(28)14-19(26)27)11-9-18(30-15(2)23)21(22)31-16(3)24/h8-11,18,21H,4-7,12-14H2,1-3H3,(H,26,27)/t18-,21+,22+/m0/s1. The second-order valence-corrected chi connectivity index (χ2v) is 7.37. The average molecular weight is 438 g/mol. The largest absolute Gasteiger partial charge is 0.481 e. The number of rotatable bonds is 13. The number of aliphatic carboxylic acids is 1. The Hall–Kier alpha value is -2.97. The highest BCUT2D eigenvalue weighted by Gasteiger charge is 2.47. The van der Waals surface area contributed by atoms with E-state index >= 15 is 0 Å². The third-order valence-corrected chi connectivity index (χ3v) is 4.72. The molecule has 31 heavy (non-hydrogen) atoms. The van der Waals surface area contributed by atoms with Gasteiger partial charge in [-0.2, -0.15) is 0 Å². The molecule has 172 valence electrons. The zero-order valence-corrected chi connectivity index (χ0v) is 18.1. The summed E-state index contributed by atoms with van der Waals surface area (Å²) in [7, 11) is 0. The smallest absolute Gasteiger partial charge is 0.317 e. The molecular formula is C22H30O9. The SMILES string of the molecule is CCCCCC(=O)C=C[C@]1(CCOC(=O)CC(=O)O)C=C[C@H](OC(C)=O)[C@H]1OC(C)=O. The van der Waals surface area contributed by atoms with Crippen molar-refractivity contribution in [3.63, 3.8) is 0 Å². The maximum absolute atomic E-state index is 12.3. The summed E-state index contributed by atoms with van der Waals surface area (Å²) in [5.41, 5.74) is -1.07. The fourth-order valence-corrected chi connectivity index (χ4v) is 3.28. The Kier molecular flexibility index (Phi) is 10.6. The van der Waals surface area contributed by atoms with Gasteiger partial charge in [-0.1, -0.05) is 31.9 Å². The summed E-state index contributed by atoms with van der Waals surface area (Å²) in [4.78, 5) is 57.6. The number of hydrogen-bond donors (Lipinski definition) is 1. The van der Waals surface area contributed by atoms with Crippen molar-refractivity contribution in [1.82, 2.24) is 0 Å². The van der Waals surface area contributed by atoms with Crippen LogP contribution >= 0.6 is 0 Å². The number of allylic oxidation sites excluding steroid dienone is 1. The van der Waals surface area contributed by atoms with Gasteiger partial charge in [0.1, 0.15) is 6.42 Å². The Balaban J connectivity index is 3.06. The third kappa shape index (κ3) is 9.15. The highest BCUT2D eigenvalue weighted by Crippen LogP contribution is 2.41. The van der Waals surface area contributed by atoms with Gasteiger partial charge < -0.3 is 19.3 Å². The quantitative estimate of drug-likeness (QED) is 0.115. The van der Waals surface area contributed by atoms with E-state index in [0.717, 1.165) is 19.3 Å². The van der Waals surface area contributed by atoms with Crippen molar-refractivity contribution in [3.8, 4) is 0 Å². The van der Waals surface area contributed by atoms with Crippen molar-refractivity contribution >= 4 is 29.7 Å². The molecule has 0 aromatic rings. The summed E-state index contributed by atoms with van der Waals surface area (Å²) < 4.78 is 15.6. The zero-order valence-electron chi connectivity index (χ0n) is 18.1. The number of carboxylic acid groups (broad SMARTS) is 1. The van der Waals surface area contributed by atoms with Gasteiger partial charge in [-0.15, -0.1) is 0 Å². The summed E-state index contributed by atoms with van der Waals surface area (Å²) >= 11 is 0. The molecular weight excluding hydrogens is 408 g/mol. The van der Waals surface area contributed by atoms with Crippen molar-refractivity contribution in [1.29, 1.82) is 0 Å². The van der Waals surface area contributed by atoms with Crippen molar-refractivity contribution < 1.29 is 43.3 Å². The minimum atomic E-state index is -1.31. The van der Waals surface area contributed by atoms with Crippen LogP contribution in [0.2, 0.25) is 0 Å². The first-order valence-corrected chi connectivity index (χ1v) is 10.2. The average Bonchev–Trinajstić information content (AvgIpc) is 2.96. The van der Waals surface area contributed by atoms with Gasteiger partial charge in [0.15, 0.2) is 18.0 Å². The number of ketones is 1. The van der Waals surface area contributed by atoms with E-state index < -0.39 is 47.9 Å². The molecule has 0 radical (unpaired) electrons. The zero-order chi connectivity index (χ0) is 23.4. The summed E-state index contributed by atoms with van der Waals surface area (Å²) in [5.74, 6) is -3.52. The van der Waals surface area contributed by atoms with E-state index in [1.54, 1.807) is 18.2 Å². The van der Waals surface area contributed by atoms with Gasteiger partial charge in [0, 0.05) is 20.3 Å². The van der Waals surface area contributed by atoms with E-state index in [-0.39, 0.29) is 18.8 Å². The number of esters is 3. The van der Waals surface area contributed by atoms with Gasteiger partial charge >= 0.3 is 23.9 Å². The fraction of sp³-hybridized carbons (Fsp3) is 0.591. The Morgan fingerprint density at radius 1 is 1.06 bits per heavy atom. The highest BCUT2D eigenvalue weighted by atomic mass is 16.6. The van der Waals surface area contributed by atoms with Crippen LogP contribution in [0.4, 0.5) is 0 Å². The molecule has 9 heteroatoms. The Bertz CT molecular complexity index is 737. The van der Waals surface area contributed by atoms with Crippen molar-refractivity contribution in [2.24, 2.45) is 5.41 Å². The first-order chi connectivity index (χ1) is 14.6. The van der Waals surface area contributed by atoms with E-state index in [0.29, 0.717) is 6.42 Å². The molecule has 0 aromatic heterocycles. The lowest BCUT2D eigenvalue weighted by molar-refractivity contribution is -0.166. The normalized spacial score (nSPS) is 22.3. The predicted octanol–water partition coefficient (Wildman–Crippen LogP) is 2.52. The molecule has 0 aliphatic heterocycles. The topological polar surface area (TPSA) is 133 Å². The number of unbranched alkanes of at least 4 members (excludes halogenated alkanes) is 2. The molecule has 0 spiro atoms. The molecule has 0 saturated carbocycles. The van der Waals surface area contributed by atoms with Crippen LogP contribution in [0.3, 0.4) is 0 Å². The van der Waals surface area contributed by atoms with E-state index in [2.05, 4.69) is 0 Å². The fourth-order valence-electron chi connectivity index (χ4n) is 3.28. The lowest BCUT2D eigenvalue weighted by Gasteiger charge is -2.33. The summed E-state index contributed by atoms with van der Waals surface area (Å²) in [6, 6.07) is 0. The summed E-state index contributed by atoms with van der Waals surface area (Å²) in [6.07, 6.45) is 6.64. The minimum absolute atomic E-state index is 0.0866. The van der Waals surface area contributed by atoms with Gasteiger partial charge in [-0.25, -0.2) is 0 Å². The molecule has 3 atom stereocenters.